The van der Waals surface area contributed by atoms with Crippen LogP contribution >= 0.6 is 0 Å². The van der Waals surface area contributed by atoms with Gasteiger partial charge in [-0.3, -0.25) is 4.79 Å². The second kappa shape index (κ2) is 11.3. The molecule has 0 saturated heterocycles. The summed E-state index contributed by atoms with van der Waals surface area (Å²) in [6.07, 6.45) is -1.50. The molecule has 2 aromatic rings. The molecule has 0 fully saturated rings. The van der Waals surface area contributed by atoms with Crippen molar-refractivity contribution in [3.8, 4) is 11.1 Å². The molecule has 1 aliphatic rings. The summed E-state index contributed by atoms with van der Waals surface area (Å²) >= 11 is 0. The highest BCUT2D eigenvalue weighted by Gasteiger charge is 2.39. The van der Waals surface area contributed by atoms with Gasteiger partial charge >= 0.3 is 12.1 Å². The van der Waals surface area contributed by atoms with Gasteiger partial charge in [0.1, 0.15) is 12.6 Å². The Bertz CT molecular complexity index is 1090. The van der Waals surface area contributed by atoms with Gasteiger partial charge < -0.3 is 24.8 Å². The third kappa shape index (κ3) is 6.49. The molecule has 8 heteroatoms. The van der Waals surface area contributed by atoms with Crippen molar-refractivity contribution >= 4 is 18.0 Å². The first-order chi connectivity index (χ1) is 17.3. The Labute approximate surface area is 219 Å². The zero-order valence-electron chi connectivity index (χ0n) is 22.6. The van der Waals surface area contributed by atoms with Crippen molar-refractivity contribution in [2.24, 2.45) is 5.92 Å². The Balaban J connectivity index is 1.70. The van der Waals surface area contributed by atoms with Gasteiger partial charge in [0.25, 0.3) is 0 Å². The summed E-state index contributed by atoms with van der Waals surface area (Å²) in [4.78, 5) is 39.4. The first kappa shape index (κ1) is 28.2. The summed E-state index contributed by atoms with van der Waals surface area (Å²) in [5.74, 6) is -2.12. The molecule has 0 radical (unpaired) electrons. The number of rotatable bonds is 9. The van der Waals surface area contributed by atoms with Crippen molar-refractivity contribution in [3.05, 3.63) is 59.7 Å². The zero-order valence-corrected chi connectivity index (χ0v) is 22.6. The minimum absolute atomic E-state index is 0.110. The molecule has 3 atom stereocenters. The fourth-order valence-corrected chi connectivity index (χ4v) is 4.94. The van der Waals surface area contributed by atoms with E-state index in [-0.39, 0.29) is 18.4 Å². The van der Waals surface area contributed by atoms with Crippen molar-refractivity contribution in [3.63, 3.8) is 0 Å². The van der Waals surface area contributed by atoms with Gasteiger partial charge in [-0.2, -0.15) is 0 Å². The predicted molar refractivity (Wildman–Crippen MR) is 141 cm³/mol. The van der Waals surface area contributed by atoms with Gasteiger partial charge in [0.05, 0.1) is 11.7 Å². The lowest BCUT2D eigenvalue weighted by atomic mass is 9.98. The van der Waals surface area contributed by atoms with Gasteiger partial charge in [-0.1, -0.05) is 62.4 Å². The van der Waals surface area contributed by atoms with Crippen LogP contribution in [0.3, 0.4) is 0 Å². The number of nitrogens with one attached hydrogen (secondary N) is 1. The third-order valence-electron chi connectivity index (χ3n) is 6.55. The number of carboxylic acid groups (broad SMARTS) is 1. The highest BCUT2D eigenvalue weighted by Crippen LogP contribution is 2.44. The van der Waals surface area contributed by atoms with E-state index in [1.165, 1.54) is 7.05 Å². The molecular formula is C29H38N2O6. The number of carbonyl (C=O) groups is 3. The van der Waals surface area contributed by atoms with E-state index in [0.29, 0.717) is 0 Å². The quantitative estimate of drug-likeness (QED) is 0.508. The third-order valence-corrected chi connectivity index (χ3v) is 6.55. The second-order valence-electron chi connectivity index (χ2n) is 10.9. The van der Waals surface area contributed by atoms with E-state index in [2.05, 4.69) is 17.4 Å². The van der Waals surface area contributed by atoms with Crippen molar-refractivity contribution < 1.29 is 29.0 Å². The summed E-state index contributed by atoms with van der Waals surface area (Å²) in [7, 11) is 1.42. The van der Waals surface area contributed by atoms with Gasteiger partial charge in [-0.05, 0) is 55.9 Å². The first-order valence-corrected chi connectivity index (χ1v) is 12.6. The number of amides is 2. The van der Waals surface area contributed by atoms with E-state index in [4.69, 9.17) is 9.47 Å². The summed E-state index contributed by atoms with van der Waals surface area (Å²) in [6, 6.07) is 13.9. The van der Waals surface area contributed by atoms with Crippen LogP contribution in [0.5, 0.6) is 0 Å². The number of aliphatic carboxylic acids is 1. The number of ether oxygens (including phenoxy) is 2. The van der Waals surface area contributed by atoms with Gasteiger partial charge in [0, 0.05) is 13.0 Å². The number of alkyl carbamates (subject to hydrolysis) is 1. The number of benzene rings is 2. The molecule has 200 valence electrons. The van der Waals surface area contributed by atoms with Crippen LogP contribution in [-0.2, 0) is 19.1 Å². The summed E-state index contributed by atoms with van der Waals surface area (Å²) in [6.45, 7) is 10.8. The lowest BCUT2D eigenvalue weighted by Gasteiger charge is -2.36. The fourth-order valence-electron chi connectivity index (χ4n) is 4.94. The van der Waals surface area contributed by atoms with Gasteiger partial charge in [-0.25, -0.2) is 9.59 Å². The molecule has 0 unspecified atom stereocenters. The van der Waals surface area contributed by atoms with Gasteiger partial charge in [-0.15, -0.1) is 0 Å². The summed E-state index contributed by atoms with van der Waals surface area (Å²) < 4.78 is 11.4. The van der Waals surface area contributed by atoms with Crippen LogP contribution in [0.2, 0.25) is 0 Å². The Hall–Kier alpha value is -3.39. The SMILES string of the molecule is CC(C)[C@H](NC(=O)OCC1c2ccccc2-c2ccccc21)C(=O)N(C)[C@H](C(=O)O)[C@@H](C)OC(C)(C)C. The number of carbonyl (C=O) groups excluding carboxylic acids is 2. The molecule has 8 nitrogen and oxygen atoms in total. The normalized spacial score (nSPS) is 15.4. The molecule has 0 aliphatic heterocycles. The van der Waals surface area contributed by atoms with Crippen molar-refractivity contribution in [2.45, 2.75) is 71.2 Å². The number of hydrogen-bond donors (Lipinski definition) is 2. The maximum atomic E-state index is 13.4. The molecule has 3 rings (SSSR count). The van der Waals surface area contributed by atoms with Crippen LogP contribution in [0, 0.1) is 5.92 Å². The Morgan fingerprint density at radius 3 is 1.95 bits per heavy atom. The van der Waals surface area contributed by atoms with Crippen LogP contribution in [0.25, 0.3) is 11.1 Å². The van der Waals surface area contributed by atoms with Crippen molar-refractivity contribution in [1.82, 2.24) is 10.2 Å². The second-order valence-corrected chi connectivity index (χ2v) is 10.9. The van der Waals surface area contributed by atoms with E-state index >= 15 is 0 Å². The molecule has 37 heavy (non-hydrogen) atoms. The highest BCUT2D eigenvalue weighted by atomic mass is 16.5. The first-order valence-electron chi connectivity index (χ1n) is 12.6. The molecule has 2 amide bonds. The summed E-state index contributed by atoms with van der Waals surface area (Å²) in [5.41, 5.74) is 3.83. The zero-order chi connectivity index (χ0) is 27.5. The molecule has 0 saturated carbocycles. The monoisotopic (exact) mass is 510 g/mol. The van der Waals surface area contributed by atoms with E-state index in [1.807, 2.05) is 57.2 Å². The minimum Gasteiger partial charge on any atom is -0.480 e. The standard InChI is InChI=1S/C29H38N2O6/c1-17(2)24(26(32)31(7)25(27(33)34)18(3)37-29(4,5)6)30-28(35)36-16-23-21-14-10-8-12-19(21)20-13-9-11-15-22(20)23/h8-15,17-18,23-25H,16H2,1-7H3,(H,30,35)(H,33,34)/t18-,24+,25+/m1/s1. The predicted octanol–water partition coefficient (Wildman–Crippen LogP) is 4.66. The fraction of sp³-hybridized carbons (Fsp3) is 0.483. The minimum atomic E-state index is -1.22. The largest absolute Gasteiger partial charge is 0.480 e. The van der Waals surface area contributed by atoms with Gasteiger partial charge in [0.2, 0.25) is 5.91 Å². The number of hydrogen-bond acceptors (Lipinski definition) is 5. The van der Waals surface area contributed by atoms with E-state index in [9.17, 15) is 19.5 Å². The van der Waals surface area contributed by atoms with Crippen LogP contribution in [0.1, 0.15) is 58.6 Å². The van der Waals surface area contributed by atoms with Gasteiger partial charge in [0.15, 0.2) is 6.04 Å². The smallest absolute Gasteiger partial charge is 0.407 e. The summed E-state index contributed by atoms with van der Waals surface area (Å²) in [5, 5.41) is 12.5. The van der Waals surface area contributed by atoms with Crippen molar-refractivity contribution in [2.75, 3.05) is 13.7 Å². The number of fused-ring (bicyclic) bond motifs is 3. The molecule has 0 spiro atoms. The van der Waals surface area contributed by atoms with Crippen LogP contribution in [0.4, 0.5) is 4.79 Å². The average Bonchev–Trinajstić information content (AvgIpc) is 3.13. The Morgan fingerprint density at radius 1 is 0.973 bits per heavy atom. The Kier molecular flexibility index (Phi) is 8.64. The van der Waals surface area contributed by atoms with Crippen LogP contribution in [-0.4, -0.2) is 65.4 Å². The number of nitrogens with zero attached hydrogens (tertiary/aromatic N) is 1. The highest BCUT2D eigenvalue weighted by molar-refractivity contribution is 5.89. The van der Waals surface area contributed by atoms with Crippen LogP contribution in [0.15, 0.2) is 48.5 Å². The van der Waals surface area contributed by atoms with E-state index in [0.717, 1.165) is 27.2 Å². The maximum Gasteiger partial charge on any atom is 0.407 e. The lowest BCUT2D eigenvalue weighted by molar-refractivity contribution is -0.161. The molecule has 0 aromatic heterocycles. The topological polar surface area (TPSA) is 105 Å². The number of likely N-dealkylation sites (N-methyl/N-ethyl adjacent to an activating group) is 1. The molecule has 1 aliphatic carbocycles. The molecule has 0 bridgehead atoms. The van der Waals surface area contributed by atoms with Crippen LogP contribution < -0.4 is 5.32 Å². The van der Waals surface area contributed by atoms with E-state index in [1.54, 1.807) is 20.8 Å². The molecule has 2 N–H and O–H groups in total. The maximum absolute atomic E-state index is 13.4. The van der Waals surface area contributed by atoms with E-state index < -0.39 is 41.8 Å². The average molecular weight is 511 g/mol. The van der Waals surface area contributed by atoms with Crippen molar-refractivity contribution in [1.29, 1.82) is 0 Å². The Morgan fingerprint density at radius 2 is 1.49 bits per heavy atom. The lowest BCUT2D eigenvalue weighted by Crippen LogP contribution is -2.57. The molecular weight excluding hydrogens is 472 g/mol. The molecule has 0 heterocycles. The number of carboxylic acids is 1. The molecule has 2 aromatic carbocycles.